The lowest BCUT2D eigenvalue weighted by Gasteiger charge is -2.15. The molecule has 0 saturated carbocycles. The molecular formula is C17H16N2O2S. The van der Waals surface area contributed by atoms with Gasteiger partial charge < -0.3 is 0 Å². The zero-order valence-corrected chi connectivity index (χ0v) is 13.0. The molecule has 0 radical (unpaired) electrons. The summed E-state index contributed by atoms with van der Waals surface area (Å²) in [5.41, 5.74) is 1.82. The number of amidine groups is 1. The third-order valence-corrected chi connectivity index (χ3v) is 4.21. The van der Waals surface area contributed by atoms with Crippen molar-refractivity contribution in [1.29, 1.82) is 0 Å². The Labute approximate surface area is 133 Å². The molecule has 1 aliphatic heterocycles. The molecular weight excluding hydrogens is 296 g/mol. The van der Waals surface area contributed by atoms with Gasteiger partial charge in [-0.25, -0.2) is 4.99 Å². The maximum Gasteiger partial charge on any atom is 0.266 e. The summed E-state index contributed by atoms with van der Waals surface area (Å²) in [4.78, 5) is 22.4. The van der Waals surface area contributed by atoms with E-state index in [2.05, 4.69) is 4.99 Å². The summed E-state index contributed by atoms with van der Waals surface area (Å²) in [5, 5.41) is 1.72. The van der Waals surface area contributed by atoms with Gasteiger partial charge in [0.15, 0.2) is 5.17 Å². The molecule has 0 N–H and O–H groups in total. The van der Waals surface area contributed by atoms with Gasteiger partial charge in [-0.05, 0) is 24.6 Å². The molecule has 0 bridgehead atoms. The summed E-state index contributed by atoms with van der Waals surface area (Å²) < 4.78 is 0. The van der Waals surface area contributed by atoms with Crippen molar-refractivity contribution in [2.75, 3.05) is 0 Å². The van der Waals surface area contributed by atoms with Crippen molar-refractivity contribution in [3.05, 3.63) is 66.2 Å². The number of amides is 1. The monoisotopic (exact) mass is 312 g/mol. The number of benzene rings is 2. The minimum absolute atomic E-state index is 0.0735. The number of hydrogen-bond acceptors (Lipinski definition) is 4. The lowest BCUT2D eigenvalue weighted by Crippen LogP contribution is -2.31. The Hall–Kier alpha value is -2.11. The predicted molar refractivity (Wildman–Crippen MR) is 88.7 cm³/mol. The molecule has 1 amide bonds. The first kappa shape index (κ1) is 14.8. The second kappa shape index (κ2) is 6.77. The highest BCUT2D eigenvalue weighted by Crippen LogP contribution is 2.29. The van der Waals surface area contributed by atoms with Crippen LogP contribution < -0.4 is 0 Å². The predicted octanol–water partition coefficient (Wildman–Crippen LogP) is 3.77. The van der Waals surface area contributed by atoms with Crippen LogP contribution in [0.5, 0.6) is 0 Å². The highest BCUT2D eigenvalue weighted by molar-refractivity contribution is 8.15. The van der Waals surface area contributed by atoms with E-state index in [1.54, 1.807) is 0 Å². The van der Waals surface area contributed by atoms with Crippen molar-refractivity contribution in [3.8, 4) is 0 Å². The molecule has 1 fully saturated rings. The van der Waals surface area contributed by atoms with Gasteiger partial charge in [-0.2, -0.15) is 5.06 Å². The molecule has 1 saturated heterocycles. The molecule has 1 aliphatic rings. The molecule has 22 heavy (non-hydrogen) atoms. The molecule has 112 valence electrons. The van der Waals surface area contributed by atoms with E-state index in [0.717, 1.165) is 11.3 Å². The number of para-hydroxylation sites is 1. The third-order valence-electron chi connectivity index (χ3n) is 3.19. The fourth-order valence-corrected chi connectivity index (χ4v) is 2.94. The maximum absolute atomic E-state index is 12.2. The van der Waals surface area contributed by atoms with E-state index in [1.165, 1.54) is 16.8 Å². The molecule has 1 heterocycles. The van der Waals surface area contributed by atoms with Crippen molar-refractivity contribution in [2.45, 2.75) is 18.8 Å². The van der Waals surface area contributed by atoms with Gasteiger partial charge in [-0.15, -0.1) is 0 Å². The Morgan fingerprint density at radius 1 is 1.09 bits per heavy atom. The highest BCUT2D eigenvalue weighted by atomic mass is 32.2. The van der Waals surface area contributed by atoms with E-state index in [0.29, 0.717) is 11.8 Å². The van der Waals surface area contributed by atoms with Gasteiger partial charge >= 0.3 is 0 Å². The average Bonchev–Trinajstić information content (AvgIpc) is 2.81. The first-order valence-corrected chi connectivity index (χ1v) is 7.93. The van der Waals surface area contributed by atoms with Crippen LogP contribution in [-0.4, -0.2) is 21.4 Å². The van der Waals surface area contributed by atoms with Crippen molar-refractivity contribution in [2.24, 2.45) is 4.99 Å². The van der Waals surface area contributed by atoms with E-state index >= 15 is 0 Å². The van der Waals surface area contributed by atoms with Gasteiger partial charge in [0, 0.05) is 0 Å². The number of aliphatic imine (C=N–C) groups is 1. The van der Waals surface area contributed by atoms with Crippen LogP contribution in [-0.2, 0) is 16.2 Å². The molecule has 0 aliphatic carbocycles. The fourth-order valence-electron chi connectivity index (χ4n) is 2.03. The second-order valence-corrected chi connectivity index (χ2v) is 6.19. The molecule has 0 spiro atoms. The molecule has 4 nitrogen and oxygen atoms in total. The lowest BCUT2D eigenvalue weighted by atomic mass is 10.2. The zero-order valence-electron chi connectivity index (χ0n) is 12.2. The first-order valence-electron chi connectivity index (χ1n) is 7.05. The Balaban J connectivity index is 1.77. The van der Waals surface area contributed by atoms with Gasteiger partial charge in [-0.3, -0.25) is 9.63 Å². The molecule has 0 aromatic heterocycles. The lowest BCUT2D eigenvalue weighted by molar-refractivity contribution is -0.163. The Morgan fingerprint density at radius 3 is 2.41 bits per heavy atom. The number of nitrogens with zero attached hydrogens (tertiary/aromatic N) is 2. The highest BCUT2D eigenvalue weighted by Gasteiger charge is 2.36. The summed E-state index contributed by atoms with van der Waals surface area (Å²) >= 11 is 1.41. The second-order valence-electron chi connectivity index (χ2n) is 4.88. The average molecular weight is 312 g/mol. The number of hydroxylamine groups is 2. The Bertz CT molecular complexity index is 674. The van der Waals surface area contributed by atoms with Gasteiger partial charge in [-0.1, -0.05) is 60.3 Å². The zero-order chi connectivity index (χ0) is 15.4. The summed E-state index contributed by atoms with van der Waals surface area (Å²) in [6.07, 6.45) is 0. The first-order chi connectivity index (χ1) is 10.7. The number of carbonyl (C=O) groups is 1. The third kappa shape index (κ3) is 3.37. The quantitative estimate of drug-likeness (QED) is 0.863. The number of rotatable bonds is 4. The van der Waals surface area contributed by atoms with Crippen LogP contribution in [0.15, 0.2) is 65.7 Å². The molecule has 1 atom stereocenters. The number of hydrogen-bond donors (Lipinski definition) is 0. The molecule has 5 heteroatoms. The fraction of sp³-hybridized carbons (Fsp3) is 0.176. The Morgan fingerprint density at radius 2 is 1.73 bits per heavy atom. The van der Waals surface area contributed by atoms with Gasteiger partial charge in [0.1, 0.15) is 6.61 Å². The van der Waals surface area contributed by atoms with E-state index in [4.69, 9.17) is 4.84 Å². The van der Waals surface area contributed by atoms with E-state index < -0.39 is 0 Å². The van der Waals surface area contributed by atoms with Crippen molar-refractivity contribution in [3.63, 3.8) is 0 Å². The number of carbonyl (C=O) groups excluding carboxylic acids is 1. The van der Waals surface area contributed by atoms with Crippen LogP contribution >= 0.6 is 11.8 Å². The normalized spacial score (nSPS) is 19.9. The van der Waals surface area contributed by atoms with Crippen molar-refractivity contribution >= 4 is 28.5 Å². The summed E-state index contributed by atoms with van der Waals surface area (Å²) in [7, 11) is 0. The van der Waals surface area contributed by atoms with Crippen LogP contribution in [0.25, 0.3) is 0 Å². The minimum Gasteiger partial charge on any atom is -0.271 e. The van der Waals surface area contributed by atoms with Crippen LogP contribution in [0.4, 0.5) is 5.69 Å². The van der Waals surface area contributed by atoms with Crippen LogP contribution in [0, 0.1) is 0 Å². The van der Waals surface area contributed by atoms with E-state index in [1.807, 2.05) is 67.6 Å². The summed E-state index contributed by atoms with van der Waals surface area (Å²) in [6.45, 7) is 2.20. The molecule has 2 aromatic rings. The summed E-state index contributed by atoms with van der Waals surface area (Å²) in [5.74, 6) is -0.0735. The minimum atomic E-state index is -0.182. The van der Waals surface area contributed by atoms with E-state index in [9.17, 15) is 4.79 Å². The van der Waals surface area contributed by atoms with Gasteiger partial charge in [0.2, 0.25) is 0 Å². The standard InChI is InChI=1S/C17H16N2O2S/c1-13-16(20)19(21-12-14-8-4-2-5-9-14)17(22-13)18-15-10-6-3-7-11-15/h2-11,13H,12H2,1H3. The smallest absolute Gasteiger partial charge is 0.266 e. The van der Waals surface area contributed by atoms with Crippen LogP contribution in [0.3, 0.4) is 0 Å². The largest absolute Gasteiger partial charge is 0.271 e. The van der Waals surface area contributed by atoms with Crippen molar-refractivity contribution < 1.29 is 9.63 Å². The molecule has 3 rings (SSSR count). The molecule has 1 unspecified atom stereocenters. The van der Waals surface area contributed by atoms with Gasteiger partial charge in [0.05, 0.1) is 10.9 Å². The summed E-state index contributed by atoms with van der Waals surface area (Å²) in [6, 6.07) is 19.3. The van der Waals surface area contributed by atoms with Crippen LogP contribution in [0.2, 0.25) is 0 Å². The topological polar surface area (TPSA) is 41.9 Å². The molecule has 2 aromatic carbocycles. The van der Waals surface area contributed by atoms with Crippen molar-refractivity contribution in [1.82, 2.24) is 5.06 Å². The van der Waals surface area contributed by atoms with E-state index in [-0.39, 0.29) is 11.2 Å². The SMILES string of the molecule is CC1SC(=Nc2ccccc2)N(OCc2ccccc2)C1=O. The van der Waals surface area contributed by atoms with Gasteiger partial charge in [0.25, 0.3) is 5.91 Å². The maximum atomic E-state index is 12.2. The number of thioether (sulfide) groups is 1. The Kier molecular flexibility index (Phi) is 4.56. The van der Waals surface area contributed by atoms with Crippen LogP contribution in [0.1, 0.15) is 12.5 Å².